The third-order valence-corrected chi connectivity index (χ3v) is 2.46. The van der Waals surface area contributed by atoms with Crippen molar-refractivity contribution in [2.75, 3.05) is 11.4 Å². The van der Waals surface area contributed by atoms with Crippen LogP contribution in [0.15, 0.2) is 30.9 Å². The van der Waals surface area contributed by atoms with Gasteiger partial charge in [-0.15, -0.1) is 6.58 Å². The van der Waals surface area contributed by atoms with E-state index in [1.807, 2.05) is 18.2 Å². The molecule has 1 saturated carbocycles. The van der Waals surface area contributed by atoms with E-state index in [9.17, 15) is 0 Å². The number of nitrogens with zero attached hydrogens (tertiary/aromatic N) is 3. The van der Waals surface area contributed by atoms with Gasteiger partial charge in [0.05, 0.1) is 0 Å². The molecule has 1 heterocycles. The number of rotatable bonds is 4. The maximum atomic E-state index is 8.78. The molecule has 0 bridgehead atoms. The van der Waals surface area contributed by atoms with E-state index in [4.69, 9.17) is 5.26 Å². The lowest BCUT2D eigenvalue weighted by atomic mass is 10.3. The Morgan fingerprint density at radius 2 is 2.40 bits per heavy atom. The second-order valence-electron chi connectivity index (χ2n) is 3.67. The van der Waals surface area contributed by atoms with Crippen LogP contribution in [0.4, 0.5) is 5.82 Å². The highest BCUT2D eigenvalue weighted by Crippen LogP contribution is 2.30. The highest BCUT2D eigenvalue weighted by molar-refractivity contribution is 5.44. The molecule has 0 amide bonds. The van der Waals surface area contributed by atoms with E-state index >= 15 is 0 Å². The van der Waals surface area contributed by atoms with Crippen LogP contribution in [-0.4, -0.2) is 17.6 Å². The molecule has 0 saturated heterocycles. The van der Waals surface area contributed by atoms with Gasteiger partial charge in [0.25, 0.3) is 0 Å². The van der Waals surface area contributed by atoms with Crippen molar-refractivity contribution in [3.05, 3.63) is 36.5 Å². The number of aromatic nitrogens is 1. The van der Waals surface area contributed by atoms with Crippen LogP contribution in [0.5, 0.6) is 0 Å². The summed E-state index contributed by atoms with van der Waals surface area (Å²) in [5, 5.41) is 8.78. The average Bonchev–Trinajstić information content (AvgIpc) is 3.10. The summed E-state index contributed by atoms with van der Waals surface area (Å²) in [4.78, 5) is 6.49. The Hall–Kier alpha value is -1.82. The minimum atomic E-state index is 0.474. The van der Waals surface area contributed by atoms with E-state index in [0.717, 1.165) is 12.4 Å². The SMILES string of the molecule is C=CCN(c1cccc(C#N)n1)C1CC1. The summed E-state index contributed by atoms with van der Waals surface area (Å²) in [7, 11) is 0. The fourth-order valence-corrected chi connectivity index (χ4v) is 1.60. The van der Waals surface area contributed by atoms with Crippen LogP contribution in [-0.2, 0) is 0 Å². The van der Waals surface area contributed by atoms with E-state index < -0.39 is 0 Å². The van der Waals surface area contributed by atoms with Crippen LogP contribution in [0, 0.1) is 11.3 Å². The lowest BCUT2D eigenvalue weighted by molar-refractivity contribution is 0.840. The number of anilines is 1. The lowest BCUT2D eigenvalue weighted by Crippen LogP contribution is -2.26. The van der Waals surface area contributed by atoms with Crippen LogP contribution < -0.4 is 4.90 Å². The molecule has 0 radical (unpaired) electrons. The molecule has 1 aliphatic carbocycles. The molecule has 76 valence electrons. The summed E-state index contributed by atoms with van der Waals surface area (Å²) >= 11 is 0. The van der Waals surface area contributed by atoms with Gasteiger partial charge in [-0.05, 0) is 25.0 Å². The average molecular weight is 199 g/mol. The maximum Gasteiger partial charge on any atom is 0.142 e. The summed E-state index contributed by atoms with van der Waals surface area (Å²) < 4.78 is 0. The monoisotopic (exact) mass is 199 g/mol. The summed E-state index contributed by atoms with van der Waals surface area (Å²) in [5.41, 5.74) is 0.474. The zero-order valence-corrected chi connectivity index (χ0v) is 8.56. The van der Waals surface area contributed by atoms with Crippen molar-refractivity contribution in [2.45, 2.75) is 18.9 Å². The highest BCUT2D eigenvalue weighted by atomic mass is 15.2. The summed E-state index contributed by atoms with van der Waals surface area (Å²) in [6, 6.07) is 8.19. The second kappa shape index (κ2) is 4.14. The predicted molar refractivity (Wildman–Crippen MR) is 59.5 cm³/mol. The van der Waals surface area contributed by atoms with Gasteiger partial charge in [-0.3, -0.25) is 0 Å². The first kappa shape index (κ1) is 9.72. The minimum absolute atomic E-state index is 0.474. The van der Waals surface area contributed by atoms with Crippen molar-refractivity contribution in [3.63, 3.8) is 0 Å². The van der Waals surface area contributed by atoms with Crippen LogP contribution in [0.1, 0.15) is 18.5 Å². The molecule has 3 heteroatoms. The van der Waals surface area contributed by atoms with Crippen molar-refractivity contribution < 1.29 is 0 Å². The van der Waals surface area contributed by atoms with E-state index in [2.05, 4.69) is 22.5 Å². The van der Waals surface area contributed by atoms with Crippen molar-refractivity contribution >= 4 is 5.82 Å². The van der Waals surface area contributed by atoms with Crippen molar-refractivity contribution in [1.82, 2.24) is 4.98 Å². The molecule has 0 spiro atoms. The number of pyridine rings is 1. The fourth-order valence-electron chi connectivity index (χ4n) is 1.60. The molecule has 1 fully saturated rings. The zero-order chi connectivity index (χ0) is 10.7. The fraction of sp³-hybridized carbons (Fsp3) is 0.333. The Kier molecular flexibility index (Phi) is 2.68. The molecular formula is C12H13N3. The third-order valence-electron chi connectivity index (χ3n) is 2.46. The Balaban J connectivity index is 2.24. The number of hydrogen-bond acceptors (Lipinski definition) is 3. The molecule has 2 rings (SSSR count). The molecule has 0 aliphatic heterocycles. The van der Waals surface area contributed by atoms with Gasteiger partial charge in [0.2, 0.25) is 0 Å². The first-order chi connectivity index (χ1) is 7.35. The molecule has 1 aliphatic rings. The van der Waals surface area contributed by atoms with Crippen molar-refractivity contribution in [3.8, 4) is 6.07 Å². The van der Waals surface area contributed by atoms with Crippen LogP contribution in [0.25, 0.3) is 0 Å². The largest absolute Gasteiger partial charge is 0.350 e. The Bertz CT molecular complexity index is 402. The molecule has 0 aromatic carbocycles. The zero-order valence-electron chi connectivity index (χ0n) is 8.56. The smallest absolute Gasteiger partial charge is 0.142 e. The molecule has 0 atom stereocenters. The minimum Gasteiger partial charge on any atom is -0.350 e. The molecule has 1 aromatic heterocycles. The first-order valence-electron chi connectivity index (χ1n) is 5.10. The van der Waals surface area contributed by atoms with Gasteiger partial charge in [0.15, 0.2) is 0 Å². The third kappa shape index (κ3) is 2.16. The van der Waals surface area contributed by atoms with Crippen LogP contribution in [0.3, 0.4) is 0 Å². The number of hydrogen-bond donors (Lipinski definition) is 0. The van der Waals surface area contributed by atoms with Crippen molar-refractivity contribution in [1.29, 1.82) is 5.26 Å². The Morgan fingerprint density at radius 3 is 3.00 bits per heavy atom. The van der Waals surface area contributed by atoms with Crippen LogP contribution >= 0.6 is 0 Å². The molecule has 0 N–H and O–H groups in total. The van der Waals surface area contributed by atoms with Gasteiger partial charge >= 0.3 is 0 Å². The highest BCUT2D eigenvalue weighted by Gasteiger charge is 2.29. The summed E-state index contributed by atoms with van der Waals surface area (Å²) in [6.07, 6.45) is 4.30. The standard InChI is InChI=1S/C12H13N3/c1-2-8-15(11-6-7-11)12-5-3-4-10(9-13)14-12/h2-5,11H,1,6-8H2. The van der Waals surface area contributed by atoms with E-state index in [0.29, 0.717) is 11.7 Å². The maximum absolute atomic E-state index is 8.78. The van der Waals surface area contributed by atoms with Crippen LogP contribution in [0.2, 0.25) is 0 Å². The number of nitriles is 1. The Morgan fingerprint density at radius 1 is 1.60 bits per heavy atom. The molecule has 15 heavy (non-hydrogen) atoms. The first-order valence-corrected chi connectivity index (χ1v) is 5.10. The normalized spacial score (nSPS) is 14.3. The molecular weight excluding hydrogens is 186 g/mol. The van der Waals surface area contributed by atoms with Gasteiger partial charge in [-0.1, -0.05) is 12.1 Å². The molecule has 3 nitrogen and oxygen atoms in total. The van der Waals surface area contributed by atoms with Gasteiger partial charge in [0, 0.05) is 12.6 Å². The van der Waals surface area contributed by atoms with Crippen molar-refractivity contribution in [2.24, 2.45) is 0 Å². The van der Waals surface area contributed by atoms with Gasteiger partial charge in [-0.25, -0.2) is 4.98 Å². The van der Waals surface area contributed by atoms with Gasteiger partial charge in [-0.2, -0.15) is 5.26 Å². The second-order valence-corrected chi connectivity index (χ2v) is 3.67. The molecule has 0 unspecified atom stereocenters. The summed E-state index contributed by atoms with van der Waals surface area (Å²) in [6.45, 7) is 4.54. The predicted octanol–water partition coefficient (Wildman–Crippen LogP) is 2.11. The lowest BCUT2D eigenvalue weighted by Gasteiger charge is -2.21. The quantitative estimate of drug-likeness (QED) is 0.697. The summed E-state index contributed by atoms with van der Waals surface area (Å²) in [5.74, 6) is 0.886. The van der Waals surface area contributed by atoms with E-state index in [-0.39, 0.29) is 0 Å². The van der Waals surface area contributed by atoms with E-state index in [1.54, 1.807) is 6.07 Å². The topological polar surface area (TPSA) is 39.9 Å². The van der Waals surface area contributed by atoms with Gasteiger partial charge in [0.1, 0.15) is 17.6 Å². The van der Waals surface area contributed by atoms with E-state index in [1.165, 1.54) is 12.8 Å². The molecule has 1 aromatic rings. The van der Waals surface area contributed by atoms with Gasteiger partial charge < -0.3 is 4.90 Å². The Labute approximate surface area is 89.7 Å².